The lowest BCUT2D eigenvalue weighted by Gasteiger charge is -2.03. The molecule has 13 heavy (non-hydrogen) atoms. The molecule has 1 aliphatic rings. The Morgan fingerprint density at radius 2 is 2.54 bits per heavy atom. The highest BCUT2D eigenvalue weighted by atomic mass is 16.8. The van der Waals surface area contributed by atoms with Crippen LogP contribution in [0.3, 0.4) is 0 Å². The molecule has 0 saturated carbocycles. The van der Waals surface area contributed by atoms with E-state index in [9.17, 15) is 9.59 Å². The van der Waals surface area contributed by atoms with Gasteiger partial charge in [0.2, 0.25) is 0 Å². The fourth-order valence-corrected chi connectivity index (χ4v) is 0.844. The average Bonchev–Trinajstić information content (AvgIpc) is 2.48. The van der Waals surface area contributed by atoms with E-state index >= 15 is 0 Å². The summed E-state index contributed by atoms with van der Waals surface area (Å²) in [6, 6.07) is 0. The predicted molar refractivity (Wildman–Crippen MR) is 41.7 cm³/mol. The summed E-state index contributed by atoms with van der Waals surface area (Å²) in [7, 11) is 0. The zero-order chi connectivity index (χ0) is 9.68. The zero-order valence-corrected chi connectivity index (χ0v) is 7.19. The highest BCUT2D eigenvalue weighted by Crippen LogP contribution is 2.10. The first-order valence-corrected chi connectivity index (χ1v) is 3.86. The molecule has 0 radical (unpaired) electrons. The number of cyclic esters (lactones) is 2. The van der Waals surface area contributed by atoms with Crippen LogP contribution in [0.2, 0.25) is 0 Å². The Morgan fingerprint density at radius 1 is 1.77 bits per heavy atom. The van der Waals surface area contributed by atoms with Crippen LogP contribution < -0.4 is 0 Å². The van der Waals surface area contributed by atoms with Gasteiger partial charge in [-0.15, -0.1) is 0 Å². The van der Waals surface area contributed by atoms with E-state index in [2.05, 4.69) is 14.2 Å². The maximum atomic E-state index is 10.9. The van der Waals surface area contributed by atoms with Crippen LogP contribution in [0, 0.1) is 0 Å². The molecule has 0 aromatic carbocycles. The van der Waals surface area contributed by atoms with E-state index in [0.29, 0.717) is 0 Å². The fraction of sp³-hybridized carbons (Fsp3) is 0.500. The molecule has 0 amide bonds. The molecule has 0 aliphatic carbocycles. The lowest BCUT2D eigenvalue weighted by Crippen LogP contribution is -2.16. The summed E-state index contributed by atoms with van der Waals surface area (Å²) < 4.78 is 13.7. The quantitative estimate of drug-likeness (QED) is 0.485. The van der Waals surface area contributed by atoms with Crippen molar-refractivity contribution in [2.24, 2.45) is 0 Å². The Balaban J connectivity index is 2.24. The number of hydrogen-bond acceptors (Lipinski definition) is 5. The average molecular weight is 186 g/mol. The molecule has 0 aromatic rings. The van der Waals surface area contributed by atoms with E-state index in [1.165, 1.54) is 6.26 Å². The lowest BCUT2D eigenvalue weighted by atomic mass is 10.3. The monoisotopic (exact) mass is 186 g/mol. The molecule has 1 rings (SSSR count). The number of allylic oxidation sites excluding steroid dienone is 1. The third kappa shape index (κ3) is 3.14. The van der Waals surface area contributed by atoms with Crippen LogP contribution in [0.25, 0.3) is 0 Å². The number of carbonyl (C=O) groups is 2. The van der Waals surface area contributed by atoms with Crippen molar-refractivity contribution in [1.29, 1.82) is 0 Å². The first kappa shape index (κ1) is 9.57. The van der Waals surface area contributed by atoms with Crippen molar-refractivity contribution in [3.05, 3.63) is 12.3 Å². The minimum absolute atomic E-state index is 0.0239. The van der Waals surface area contributed by atoms with Gasteiger partial charge < -0.3 is 14.2 Å². The van der Waals surface area contributed by atoms with Gasteiger partial charge in [-0.2, -0.15) is 0 Å². The molecule has 0 spiro atoms. The van der Waals surface area contributed by atoms with Gasteiger partial charge in [-0.3, -0.25) is 4.79 Å². The van der Waals surface area contributed by atoms with Crippen molar-refractivity contribution in [2.75, 3.05) is 6.61 Å². The highest BCUT2D eigenvalue weighted by Gasteiger charge is 2.27. The molecule has 1 unspecified atom stereocenters. The number of esters is 1. The predicted octanol–water partition coefficient (Wildman–Crippen LogP) is 0.989. The molecule has 72 valence electrons. The van der Waals surface area contributed by atoms with Crippen LogP contribution in [0.15, 0.2) is 12.3 Å². The van der Waals surface area contributed by atoms with Crippen molar-refractivity contribution in [3.8, 4) is 0 Å². The molecule has 0 N–H and O–H groups in total. The molecular formula is C8H10O5. The molecule has 5 heteroatoms. The van der Waals surface area contributed by atoms with E-state index in [-0.39, 0.29) is 13.0 Å². The van der Waals surface area contributed by atoms with E-state index in [4.69, 9.17) is 0 Å². The Morgan fingerprint density at radius 3 is 3.08 bits per heavy atom. The SMILES string of the molecule is CC=COC(=O)CC1COC(=O)O1. The molecule has 5 nitrogen and oxygen atoms in total. The van der Waals surface area contributed by atoms with Gasteiger partial charge in [-0.1, -0.05) is 6.08 Å². The topological polar surface area (TPSA) is 61.8 Å². The fourth-order valence-electron chi connectivity index (χ4n) is 0.844. The minimum atomic E-state index is -0.733. The van der Waals surface area contributed by atoms with Gasteiger partial charge in [0.15, 0.2) is 6.10 Å². The van der Waals surface area contributed by atoms with Gasteiger partial charge in [0.25, 0.3) is 0 Å². The van der Waals surface area contributed by atoms with Crippen LogP contribution in [-0.4, -0.2) is 24.8 Å². The summed E-state index contributed by atoms with van der Waals surface area (Å²) >= 11 is 0. The molecule has 1 aliphatic heterocycles. The molecule has 0 bridgehead atoms. The second kappa shape index (κ2) is 4.49. The molecule has 1 saturated heterocycles. The third-order valence-electron chi connectivity index (χ3n) is 1.38. The number of rotatable bonds is 3. The van der Waals surface area contributed by atoms with Crippen LogP contribution in [-0.2, 0) is 19.0 Å². The largest absolute Gasteiger partial charge is 0.508 e. The van der Waals surface area contributed by atoms with Gasteiger partial charge in [0.05, 0.1) is 12.7 Å². The van der Waals surface area contributed by atoms with Gasteiger partial charge in [0.1, 0.15) is 6.61 Å². The minimum Gasteiger partial charge on any atom is -0.435 e. The van der Waals surface area contributed by atoms with Gasteiger partial charge in [-0.05, 0) is 6.92 Å². The Hall–Kier alpha value is -1.52. The first-order valence-electron chi connectivity index (χ1n) is 3.86. The van der Waals surface area contributed by atoms with Gasteiger partial charge >= 0.3 is 12.1 Å². The summed E-state index contributed by atoms with van der Waals surface area (Å²) in [5, 5.41) is 0. The number of carbonyl (C=O) groups excluding carboxylic acids is 2. The third-order valence-corrected chi connectivity index (χ3v) is 1.38. The lowest BCUT2D eigenvalue weighted by molar-refractivity contribution is -0.139. The molecule has 1 atom stereocenters. The summed E-state index contributed by atoms with van der Waals surface area (Å²) in [6.07, 6.45) is 1.65. The van der Waals surface area contributed by atoms with E-state index in [1.807, 2.05) is 0 Å². The van der Waals surface area contributed by atoms with Crippen LogP contribution in [0.4, 0.5) is 4.79 Å². The van der Waals surface area contributed by atoms with Crippen LogP contribution in [0.5, 0.6) is 0 Å². The Labute approximate surface area is 75.3 Å². The van der Waals surface area contributed by atoms with Crippen LogP contribution >= 0.6 is 0 Å². The Bertz CT molecular complexity index is 233. The van der Waals surface area contributed by atoms with Crippen molar-refractivity contribution >= 4 is 12.1 Å². The standard InChI is InChI=1S/C8H10O5/c1-2-3-11-7(9)4-6-5-12-8(10)13-6/h2-3,6H,4-5H2,1H3. The summed E-state index contributed by atoms with van der Waals surface area (Å²) in [5.74, 6) is -0.443. The molecule has 0 aromatic heterocycles. The molecule has 1 heterocycles. The maximum absolute atomic E-state index is 10.9. The second-order valence-electron chi connectivity index (χ2n) is 2.46. The smallest absolute Gasteiger partial charge is 0.435 e. The van der Waals surface area contributed by atoms with E-state index in [1.54, 1.807) is 13.0 Å². The molecule has 1 fully saturated rings. The zero-order valence-electron chi connectivity index (χ0n) is 7.19. The summed E-state index contributed by atoms with van der Waals surface area (Å²) in [5.41, 5.74) is 0. The summed E-state index contributed by atoms with van der Waals surface area (Å²) in [4.78, 5) is 21.4. The Kier molecular flexibility index (Phi) is 3.31. The van der Waals surface area contributed by atoms with Gasteiger partial charge in [0, 0.05) is 0 Å². The van der Waals surface area contributed by atoms with Crippen molar-refractivity contribution in [3.63, 3.8) is 0 Å². The van der Waals surface area contributed by atoms with Crippen molar-refractivity contribution < 1.29 is 23.8 Å². The normalized spacial score (nSPS) is 21.3. The number of hydrogen-bond donors (Lipinski definition) is 0. The summed E-state index contributed by atoms with van der Waals surface area (Å²) in [6.45, 7) is 1.84. The van der Waals surface area contributed by atoms with Crippen LogP contribution in [0.1, 0.15) is 13.3 Å². The highest BCUT2D eigenvalue weighted by molar-refractivity contribution is 5.72. The second-order valence-corrected chi connectivity index (χ2v) is 2.46. The van der Waals surface area contributed by atoms with Crippen molar-refractivity contribution in [1.82, 2.24) is 0 Å². The van der Waals surface area contributed by atoms with E-state index in [0.717, 1.165) is 0 Å². The number of ether oxygens (including phenoxy) is 3. The maximum Gasteiger partial charge on any atom is 0.508 e. The van der Waals surface area contributed by atoms with E-state index < -0.39 is 18.2 Å². The first-order chi connectivity index (χ1) is 6.22. The van der Waals surface area contributed by atoms with Gasteiger partial charge in [-0.25, -0.2) is 4.79 Å². The van der Waals surface area contributed by atoms with Crippen molar-refractivity contribution in [2.45, 2.75) is 19.4 Å². The molecular weight excluding hydrogens is 176 g/mol.